The van der Waals surface area contributed by atoms with E-state index in [0.717, 1.165) is 0 Å². The summed E-state index contributed by atoms with van der Waals surface area (Å²) in [6, 6.07) is 5.22. The second-order valence-corrected chi connectivity index (χ2v) is 24.3. The lowest BCUT2D eigenvalue weighted by Crippen LogP contribution is -2.32. The van der Waals surface area contributed by atoms with Crippen LogP contribution < -0.4 is 0 Å². The Balaban J connectivity index is 4.27. The van der Waals surface area contributed by atoms with Gasteiger partial charge in [-0.05, 0) is 12.1 Å². The average molecular weight is 293 g/mol. The molecular formula is C12H29ClSi3. The van der Waals surface area contributed by atoms with Gasteiger partial charge in [0.25, 0.3) is 0 Å². The minimum absolute atomic E-state index is 0.944. The van der Waals surface area contributed by atoms with Crippen LogP contribution in [0.3, 0.4) is 0 Å². The van der Waals surface area contributed by atoms with Gasteiger partial charge >= 0.3 is 0 Å². The highest BCUT2D eigenvalue weighted by Gasteiger charge is 2.31. The van der Waals surface area contributed by atoms with Crippen molar-refractivity contribution in [1.29, 1.82) is 0 Å². The molecule has 0 aliphatic carbocycles. The number of halogens is 1. The number of hydrogen-bond donors (Lipinski definition) is 0. The Morgan fingerprint density at radius 1 is 0.812 bits per heavy atom. The molecule has 16 heavy (non-hydrogen) atoms. The van der Waals surface area contributed by atoms with Crippen molar-refractivity contribution < 1.29 is 0 Å². The van der Waals surface area contributed by atoms with Gasteiger partial charge < -0.3 is 0 Å². The summed E-state index contributed by atoms with van der Waals surface area (Å²) in [6.07, 6.45) is 0. The Labute approximate surface area is 110 Å². The van der Waals surface area contributed by atoms with Crippen molar-refractivity contribution in [2.45, 2.75) is 63.5 Å². The molecule has 0 aromatic carbocycles. The van der Waals surface area contributed by atoms with Gasteiger partial charge in [-0.25, -0.2) is 0 Å². The maximum Gasteiger partial charge on any atom is 0.178 e. The molecule has 0 aromatic rings. The zero-order chi connectivity index (χ0) is 13.0. The minimum atomic E-state index is -1.64. The minimum Gasteiger partial charge on any atom is -0.162 e. The molecule has 0 radical (unpaired) electrons. The van der Waals surface area contributed by atoms with Gasteiger partial charge in [-0.2, -0.15) is 11.1 Å². The molecule has 0 nitrogen and oxygen atoms in total. The molecule has 4 heteroatoms. The third-order valence-corrected chi connectivity index (χ3v) is 11.9. The molecule has 0 heterocycles. The van der Waals surface area contributed by atoms with Gasteiger partial charge in [-0.15, -0.1) is 6.58 Å². The van der Waals surface area contributed by atoms with Crippen molar-refractivity contribution in [1.82, 2.24) is 0 Å². The second-order valence-electron chi connectivity index (χ2n) is 7.36. The highest BCUT2D eigenvalue weighted by atomic mass is 35.6. The first kappa shape index (κ1) is 16.7. The van der Waals surface area contributed by atoms with E-state index < -0.39 is 23.5 Å². The van der Waals surface area contributed by atoms with Crippen molar-refractivity contribution in [2.75, 3.05) is 0 Å². The van der Waals surface area contributed by atoms with Gasteiger partial charge in [0.05, 0.1) is 0 Å². The van der Waals surface area contributed by atoms with Gasteiger partial charge in [-0.1, -0.05) is 57.1 Å². The molecule has 0 aliphatic heterocycles. The molecule has 0 rings (SSSR count). The van der Waals surface area contributed by atoms with Crippen molar-refractivity contribution >= 4 is 34.6 Å². The van der Waals surface area contributed by atoms with Crippen LogP contribution in [0.1, 0.15) is 0 Å². The maximum atomic E-state index is 6.80. The Kier molecular flexibility index (Phi) is 6.28. The monoisotopic (exact) mass is 292 g/mol. The van der Waals surface area contributed by atoms with E-state index in [2.05, 4.69) is 51.6 Å². The Bertz CT molecular complexity index is 207. The molecule has 96 valence electrons. The summed E-state index contributed by atoms with van der Waals surface area (Å²) in [5, 5.41) is 0. The van der Waals surface area contributed by atoms with Crippen LogP contribution in [0.4, 0.5) is 0 Å². The maximum absolute atomic E-state index is 6.80. The lowest BCUT2D eigenvalue weighted by atomic mass is 10.9. The SMILES string of the molecule is C=C[Si](Cl)(CC[Si](C)(C)C)CC[Si](C)(C)C. The van der Waals surface area contributed by atoms with Gasteiger partial charge in [0.1, 0.15) is 0 Å². The molecule has 0 amide bonds. The second kappa shape index (κ2) is 6.03. The third kappa shape index (κ3) is 8.79. The summed E-state index contributed by atoms with van der Waals surface area (Å²) in [5.74, 6) is 0. The van der Waals surface area contributed by atoms with Crippen LogP contribution in [-0.4, -0.2) is 23.5 Å². The van der Waals surface area contributed by atoms with E-state index in [0.29, 0.717) is 0 Å². The summed E-state index contributed by atoms with van der Waals surface area (Å²) >= 11 is 6.80. The molecule has 0 aliphatic rings. The van der Waals surface area contributed by atoms with Crippen LogP contribution in [-0.2, 0) is 0 Å². The van der Waals surface area contributed by atoms with Crippen molar-refractivity contribution in [3.05, 3.63) is 12.3 Å². The van der Waals surface area contributed by atoms with Crippen molar-refractivity contribution in [3.63, 3.8) is 0 Å². The van der Waals surface area contributed by atoms with Crippen LogP contribution in [0, 0.1) is 0 Å². The Morgan fingerprint density at radius 3 is 1.31 bits per heavy atom. The summed E-state index contributed by atoms with van der Waals surface area (Å²) < 4.78 is 0. The fourth-order valence-electron chi connectivity index (χ4n) is 1.49. The first-order valence-electron chi connectivity index (χ1n) is 6.30. The fraction of sp³-hybridized carbons (Fsp3) is 0.833. The highest BCUT2D eigenvalue weighted by molar-refractivity contribution is 7.23. The quantitative estimate of drug-likeness (QED) is 0.425. The van der Waals surface area contributed by atoms with Crippen LogP contribution in [0.15, 0.2) is 12.3 Å². The predicted octanol–water partition coefficient (Wildman–Crippen LogP) is 5.57. The molecule has 0 unspecified atom stereocenters. The Hall–Kier alpha value is 0.681. The van der Waals surface area contributed by atoms with Gasteiger partial charge in [0, 0.05) is 16.1 Å². The standard InChI is InChI=1S/C12H29ClSi3/c1-8-16(13,11-9-14(2,3)4)12-10-15(5,6)7/h8H,1,9-12H2,2-7H3. The van der Waals surface area contributed by atoms with Crippen LogP contribution in [0.5, 0.6) is 0 Å². The smallest absolute Gasteiger partial charge is 0.162 e. The molecule has 0 saturated heterocycles. The molecule has 0 atom stereocenters. The van der Waals surface area contributed by atoms with E-state index in [1.54, 1.807) is 0 Å². The molecule has 0 fully saturated rings. The van der Waals surface area contributed by atoms with E-state index in [4.69, 9.17) is 11.1 Å². The molecule has 0 bridgehead atoms. The topological polar surface area (TPSA) is 0 Å². The fourth-order valence-corrected chi connectivity index (χ4v) is 13.2. The number of rotatable bonds is 7. The molecule has 0 saturated carbocycles. The highest BCUT2D eigenvalue weighted by Crippen LogP contribution is 2.31. The summed E-state index contributed by atoms with van der Waals surface area (Å²) in [6.45, 7) is 18.6. The molecular weight excluding hydrogens is 264 g/mol. The largest absolute Gasteiger partial charge is 0.178 e. The van der Waals surface area contributed by atoms with E-state index in [1.807, 2.05) is 0 Å². The van der Waals surface area contributed by atoms with Gasteiger partial charge in [0.15, 0.2) is 7.38 Å². The normalized spacial score (nSPS) is 13.9. The van der Waals surface area contributed by atoms with Crippen LogP contribution >= 0.6 is 11.1 Å². The van der Waals surface area contributed by atoms with Crippen molar-refractivity contribution in [2.24, 2.45) is 0 Å². The summed E-state index contributed by atoms with van der Waals surface area (Å²) in [5.41, 5.74) is 2.12. The van der Waals surface area contributed by atoms with Gasteiger partial charge in [-0.3, -0.25) is 0 Å². The van der Waals surface area contributed by atoms with Crippen LogP contribution in [0.25, 0.3) is 0 Å². The Morgan fingerprint density at radius 2 is 1.12 bits per heavy atom. The molecule has 0 aromatic heterocycles. The number of hydrogen-bond acceptors (Lipinski definition) is 0. The first-order valence-corrected chi connectivity index (χ1v) is 17.2. The lowest BCUT2D eigenvalue weighted by molar-refractivity contribution is 1.23. The van der Waals surface area contributed by atoms with Crippen molar-refractivity contribution in [3.8, 4) is 0 Å². The van der Waals surface area contributed by atoms with E-state index >= 15 is 0 Å². The van der Waals surface area contributed by atoms with E-state index in [1.165, 1.54) is 24.2 Å². The zero-order valence-electron chi connectivity index (χ0n) is 12.0. The average Bonchev–Trinajstić information content (AvgIpc) is 2.09. The van der Waals surface area contributed by atoms with Crippen LogP contribution in [0.2, 0.25) is 63.5 Å². The molecule has 0 spiro atoms. The van der Waals surface area contributed by atoms with Gasteiger partial charge in [0.2, 0.25) is 0 Å². The zero-order valence-corrected chi connectivity index (χ0v) is 15.7. The molecule has 0 N–H and O–H groups in total. The third-order valence-electron chi connectivity index (χ3n) is 2.95. The van der Waals surface area contributed by atoms with E-state index in [9.17, 15) is 0 Å². The van der Waals surface area contributed by atoms with E-state index in [-0.39, 0.29) is 0 Å². The first-order chi connectivity index (χ1) is 6.97. The summed E-state index contributed by atoms with van der Waals surface area (Å²) in [4.78, 5) is 0. The lowest BCUT2D eigenvalue weighted by Gasteiger charge is -2.27. The summed E-state index contributed by atoms with van der Waals surface area (Å²) in [7, 11) is -3.53. The predicted molar refractivity (Wildman–Crippen MR) is 87.7 cm³/mol.